The van der Waals surface area contributed by atoms with Crippen molar-refractivity contribution in [3.05, 3.63) is 55.7 Å². The summed E-state index contributed by atoms with van der Waals surface area (Å²) in [7, 11) is 0. The Kier molecular flexibility index (Phi) is 5.26. The van der Waals surface area contributed by atoms with Crippen LogP contribution in [0.25, 0.3) is 0 Å². The van der Waals surface area contributed by atoms with Gasteiger partial charge >= 0.3 is 5.69 Å². The van der Waals surface area contributed by atoms with Gasteiger partial charge in [0.2, 0.25) is 5.82 Å². The van der Waals surface area contributed by atoms with Crippen LogP contribution in [0.5, 0.6) is 0 Å². The van der Waals surface area contributed by atoms with Gasteiger partial charge in [0.25, 0.3) is 11.5 Å². The van der Waals surface area contributed by atoms with Crippen LogP contribution in [0.2, 0.25) is 5.02 Å². The average molecular weight is 337 g/mol. The van der Waals surface area contributed by atoms with Crippen LogP contribution in [-0.2, 0) is 4.79 Å². The van der Waals surface area contributed by atoms with Gasteiger partial charge in [-0.3, -0.25) is 14.6 Å². The second-order valence-corrected chi connectivity index (χ2v) is 4.94. The highest BCUT2D eigenvalue weighted by Gasteiger charge is 2.14. The predicted octanol–water partition coefficient (Wildman–Crippen LogP) is 0.0623. The Morgan fingerprint density at radius 3 is 2.70 bits per heavy atom. The average Bonchev–Trinajstić information content (AvgIpc) is 2.51. The van der Waals surface area contributed by atoms with E-state index in [1.165, 1.54) is 13.1 Å². The molecule has 2 aromatic rings. The van der Waals surface area contributed by atoms with Crippen LogP contribution in [-0.4, -0.2) is 33.3 Å². The standard InChI is InChI=1S/C13H13ClN6O3/c1-7(16-10-12(22)17-13(23)20-18-10)11(21)19-15-6-8-2-4-9(14)5-3-8/h2-7H,1H3,(H,16,18)(H,19,21)(H2,17,20,22,23)/t7-/m0/s1. The molecular weight excluding hydrogens is 324 g/mol. The number of benzene rings is 1. The summed E-state index contributed by atoms with van der Waals surface area (Å²) >= 11 is 5.76. The Morgan fingerprint density at radius 2 is 2.04 bits per heavy atom. The second kappa shape index (κ2) is 7.36. The Bertz CT molecular complexity index is 827. The Morgan fingerprint density at radius 1 is 1.35 bits per heavy atom. The summed E-state index contributed by atoms with van der Waals surface area (Å²) < 4.78 is 0. The van der Waals surface area contributed by atoms with Crippen molar-refractivity contribution in [2.45, 2.75) is 13.0 Å². The SMILES string of the molecule is C[C@H](Nc1n[nH]c(=O)[nH]c1=O)C(=O)NN=Cc1ccc(Cl)cc1. The molecule has 10 heteroatoms. The summed E-state index contributed by atoms with van der Waals surface area (Å²) in [6.45, 7) is 1.51. The number of rotatable bonds is 5. The minimum atomic E-state index is -0.795. The number of carbonyl (C=O) groups is 1. The molecular formula is C13H13ClN6O3. The van der Waals surface area contributed by atoms with E-state index in [0.29, 0.717) is 5.02 Å². The summed E-state index contributed by atoms with van der Waals surface area (Å²) in [6.07, 6.45) is 1.45. The maximum atomic E-state index is 11.8. The maximum absolute atomic E-state index is 11.8. The van der Waals surface area contributed by atoms with E-state index in [9.17, 15) is 14.4 Å². The fourth-order valence-corrected chi connectivity index (χ4v) is 1.66. The van der Waals surface area contributed by atoms with Crippen LogP contribution in [0.3, 0.4) is 0 Å². The molecule has 0 fully saturated rings. The minimum absolute atomic E-state index is 0.172. The van der Waals surface area contributed by atoms with E-state index in [4.69, 9.17) is 11.6 Å². The van der Waals surface area contributed by atoms with Crippen LogP contribution in [0.4, 0.5) is 5.82 Å². The van der Waals surface area contributed by atoms with Gasteiger partial charge in [-0.1, -0.05) is 23.7 Å². The molecule has 0 aliphatic heterocycles. The van der Waals surface area contributed by atoms with Crippen LogP contribution in [0.1, 0.15) is 12.5 Å². The predicted molar refractivity (Wildman–Crippen MR) is 85.8 cm³/mol. The van der Waals surface area contributed by atoms with Gasteiger partial charge in [-0.25, -0.2) is 15.3 Å². The van der Waals surface area contributed by atoms with E-state index >= 15 is 0 Å². The molecule has 0 saturated heterocycles. The van der Waals surface area contributed by atoms with Crippen molar-refractivity contribution in [3.63, 3.8) is 0 Å². The van der Waals surface area contributed by atoms with Crippen molar-refractivity contribution >= 4 is 29.5 Å². The highest BCUT2D eigenvalue weighted by atomic mass is 35.5. The van der Waals surface area contributed by atoms with E-state index in [0.717, 1.165) is 5.56 Å². The van der Waals surface area contributed by atoms with Crippen LogP contribution >= 0.6 is 11.6 Å². The van der Waals surface area contributed by atoms with Gasteiger partial charge in [0.1, 0.15) is 6.04 Å². The Balaban J connectivity index is 1.93. The first-order valence-corrected chi connectivity index (χ1v) is 6.87. The maximum Gasteiger partial charge on any atom is 0.342 e. The van der Waals surface area contributed by atoms with Gasteiger partial charge in [0.15, 0.2) is 0 Å². The van der Waals surface area contributed by atoms with Crippen molar-refractivity contribution in [2.24, 2.45) is 5.10 Å². The van der Waals surface area contributed by atoms with Crippen LogP contribution in [0, 0.1) is 0 Å². The molecule has 23 heavy (non-hydrogen) atoms. The van der Waals surface area contributed by atoms with Crippen LogP contribution in [0.15, 0.2) is 39.0 Å². The minimum Gasteiger partial charge on any atom is -0.353 e. The fourth-order valence-electron chi connectivity index (χ4n) is 1.53. The number of carbonyl (C=O) groups excluding carboxylic acids is 1. The third-order valence-electron chi connectivity index (χ3n) is 2.72. The molecule has 0 radical (unpaired) electrons. The first-order chi connectivity index (χ1) is 11.0. The number of nitrogens with zero attached hydrogens (tertiary/aromatic N) is 2. The molecule has 1 aromatic carbocycles. The third kappa shape index (κ3) is 4.78. The number of hydrazone groups is 1. The van der Waals surface area contributed by atoms with Crippen molar-refractivity contribution < 1.29 is 4.79 Å². The van der Waals surface area contributed by atoms with Gasteiger partial charge in [-0.05, 0) is 24.6 Å². The van der Waals surface area contributed by atoms with Crippen LogP contribution < -0.4 is 22.0 Å². The second-order valence-electron chi connectivity index (χ2n) is 4.51. The molecule has 4 N–H and O–H groups in total. The molecule has 0 unspecified atom stereocenters. The molecule has 0 bridgehead atoms. The fraction of sp³-hybridized carbons (Fsp3) is 0.154. The molecule has 2 rings (SSSR count). The molecule has 1 amide bonds. The number of H-pyrrole nitrogens is 2. The molecule has 0 aliphatic rings. The van der Waals surface area contributed by atoms with E-state index in [-0.39, 0.29) is 5.82 Å². The lowest BCUT2D eigenvalue weighted by Gasteiger charge is -2.11. The summed E-state index contributed by atoms with van der Waals surface area (Å²) in [5.74, 6) is -0.656. The van der Waals surface area contributed by atoms with E-state index < -0.39 is 23.2 Å². The van der Waals surface area contributed by atoms with Crippen molar-refractivity contribution in [1.82, 2.24) is 20.6 Å². The summed E-state index contributed by atoms with van der Waals surface area (Å²) in [6, 6.07) is 6.08. The molecule has 0 spiro atoms. The molecule has 1 heterocycles. The highest BCUT2D eigenvalue weighted by Crippen LogP contribution is 2.07. The van der Waals surface area contributed by atoms with Crippen molar-refractivity contribution in [3.8, 4) is 0 Å². The number of hydrogen-bond acceptors (Lipinski definition) is 6. The molecule has 1 aromatic heterocycles. The molecule has 120 valence electrons. The summed E-state index contributed by atoms with van der Waals surface area (Å²) in [4.78, 5) is 36.1. The van der Waals surface area contributed by atoms with Gasteiger partial charge in [0.05, 0.1) is 6.21 Å². The number of anilines is 1. The van der Waals surface area contributed by atoms with Gasteiger partial charge in [-0.2, -0.15) is 5.10 Å². The molecule has 0 aliphatic carbocycles. The zero-order chi connectivity index (χ0) is 16.8. The largest absolute Gasteiger partial charge is 0.353 e. The number of amides is 1. The van der Waals surface area contributed by atoms with Gasteiger partial charge in [-0.15, -0.1) is 5.10 Å². The monoisotopic (exact) mass is 336 g/mol. The number of hydrogen-bond donors (Lipinski definition) is 4. The Labute approximate surface area is 134 Å². The van der Waals surface area contributed by atoms with E-state index in [1.807, 2.05) is 4.98 Å². The molecule has 1 atom stereocenters. The van der Waals surface area contributed by atoms with E-state index in [1.54, 1.807) is 24.3 Å². The van der Waals surface area contributed by atoms with E-state index in [2.05, 4.69) is 26.0 Å². The van der Waals surface area contributed by atoms with Gasteiger partial charge in [0, 0.05) is 5.02 Å². The number of aromatic amines is 2. The summed E-state index contributed by atoms with van der Waals surface area (Å²) in [5, 5.41) is 12.5. The quantitative estimate of drug-likeness (QED) is 0.453. The van der Waals surface area contributed by atoms with Crippen molar-refractivity contribution in [2.75, 3.05) is 5.32 Å². The Hall–Kier alpha value is -2.94. The normalized spacial score (nSPS) is 12.1. The number of halogens is 1. The lowest BCUT2D eigenvalue weighted by molar-refractivity contribution is -0.121. The first kappa shape index (κ1) is 16.4. The molecule has 9 nitrogen and oxygen atoms in total. The van der Waals surface area contributed by atoms with Crippen molar-refractivity contribution in [1.29, 1.82) is 0 Å². The van der Waals surface area contributed by atoms with Gasteiger partial charge < -0.3 is 5.32 Å². The lowest BCUT2D eigenvalue weighted by Crippen LogP contribution is -2.38. The lowest BCUT2D eigenvalue weighted by atomic mass is 10.2. The highest BCUT2D eigenvalue weighted by molar-refractivity contribution is 6.30. The smallest absolute Gasteiger partial charge is 0.342 e. The summed E-state index contributed by atoms with van der Waals surface area (Å²) in [5.41, 5.74) is 1.62. The first-order valence-electron chi connectivity index (χ1n) is 6.50. The third-order valence-corrected chi connectivity index (χ3v) is 2.97. The molecule has 0 saturated carbocycles. The zero-order valence-corrected chi connectivity index (χ0v) is 12.7. The number of nitrogens with one attached hydrogen (secondary N) is 4. The zero-order valence-electron chi connectivity index (χ0n) is 12.0. The number of aromatic nitrogens is 3. The topological polar surface area (TPSA) is 132 Å².